The maximum atomic E-state index is 5.92. The van der Waals surface area contributed by atoms with Gasteiger partial charge in [-0.1, -0.05) is 24.3 Å². The largest absolute Gasteiger partial charge is 0.494 e. The minimum Gasteiger partial charge on any atom is -0.494 e. The Bertz CT molecular complexity index is 886. The number of guanidine groups is 1. The summed E-state index contributed by atoms with van der Waals surface area (Å²) in [6.45, 7) is 7.00. The van der Waals surface area contributed by atoms with E-state index in [1.54, 1.807) is 7.05 Å². The van der Waals surface area contributed by atoms with Crippen LogP contribution >= 0.6 is 24.0 Å². The summed E-state index contributed by atoms with van der Waals surface area (Å²) in [7, 11) is 5.95. The number of hydrogen-bond donors (Lipinski definition) is 2. The summed E-state index contributed by atoms with van der Waals surface area (Å²) >= 11 is 0. The Kier molecular flexibility index (Phi) is 9.90. The lowest BCUT2D eigenvalue weighted by Crippen LogP contribution is -2.36. The number of hydrogen-bond acceptors (Lipinski definition) is 4. The Labute approximate surface area is 203 Å². The average molecular weight is 538 g/mol. The molecule has 6 nitrogen and oxygen atoms in total. The Hall–Kier alpha value is -2.00. The maximum absolute atomic E-state index is 5.92. The van der Waals surface area contributed by atoms with E-state index in [0.717, 1.165) is 36.0 Å². The Morgan fingerprint density at radius 1 is 1.16 bits per heavy atom. The van der Waals surface area contributed by atoms with Crippen molar-refractivity contribution in [1.29, 1.82) is 0 Å². The number of fused-ring (bicyclic) bond motifs is 1. The van der Waals surface area contributed by atoms with Gasteiger partial charge in [0.1, 0.15) is 17.6 Å². The summed E-state index contributed by atoms with van der Waals surface area (Å²) in [6.07, 6.45) is 1.15. The fraction of sp³-hybridized carbons (Fsp3) is 0.458. The van der Waals surface area contributed by atoms with Crippen LogP contribution in [-0.2, 0) is 26.1 Å². The van der Waals surface area contributed by atoms with Crippen LogP contribution < -0.4 is 20.1 Å². The minimum absolute atomic E-state index is 0. The molecule has 0 saturated heterocycles. The van der Waals surface area contributed by atoms with Crippen molar-refractivity contribution >= 4 is 29.9 Å². The average Bonchev–Trinajstić information content (AvgIpc) is 3.07. The van der Waals surface area contributed by atoms with Crippen molar-refractivity contribution in [1.82, 2.24) is 15.5 Å². The third-order valence-corrected chi connectivity index (χ3v) is 5.00. The Morgan fingerprint density at radius 3 is 2.61 bits per heavy atom. The van der Waals surface area contributed by atoms with Crippen LogP contribution in [0.5, 0.6) is 11.5 Å². The van der Waals surface area contributed by atoms with Crippen molar-refractivity contribution in [3.8, 4) is 11.5 Å². The van der Waals surface area contributed by atoms with E-state index >= 15 is 0 Å². The van der Waals surface area contributed by atoms with E-state index in [9.17, 15) is 0 Å². The summed E-state index contributed by atoms with van der Waals surface area (Å²) in [5.41, 5.74) is 4.82. The number of ether oxygens (including phenoxy) is 2. The lowest BCUT2D eigenvalue weighted by Gasteiger charge is -2.16. The zero-order valence-corrected chi connectivity index (χ0v) is 21.5. The Morgan fingerprint density at radius 2 is 1.90 bits per heavy atom. The molecule has 1 aliphatic rings. The lowest BCUT2D eigenvalue weighted by molar-refractivity contribution is 0.254. The van der Waals surface area contributed by atoms with Crippen molar-refractivity contribution in [3.63, 3.8) is 0 Å². The molecule has 0 amide bonds. The monoisotopic (exact) mass is 538 g/mol. The van der Waals surface area contributed by atoms with Gasteiger partial charge in [0.25, 0.3) is 0 Å². The van der Waals surface area contributed by atoms with Crippen LogP contribution in [0, 0.1) is 0 Å². The highest BCUT2D eigenvalue weighted by Crippen LogP contribution is 2.35. The molecule has 0 aromatic heterocycles. The molecule has 2 aromatic carbocycles. The van der Waals surface area contributed by atoms with Crippen molar-refractivity contribution < 1.29 is 9.47 Å². The van der Waals surface area contributed by atoms with E-state index in [-0.39, 0.29) is 30.1 Å². The molecule has 31 heavy (non-hydrogen) atoms. The van der Waals surface area contributed by atoms with Crippen molar-refractivity contribution in [3.05, 3.63) is 58.7 Å². The summed E-state index contributed by atoms with van der Waals surface area (Å²) < 4.78 is 11.8. The molecule has 2 N–H and O–H groups in total. The first-order valence-corrected chi connectivity index (χ1v) is 10.6. The van der Waals surface area contributed by atoms with Crippen molar-refractivity contribution in [2.75, 3.05) is 27.7 Å². The van der Waals surface area contributed by atoms with Gasteiger partial charge in [-0.2, -0.15) is 0 Å². The van der Waals surface area contributed by atoms with Crippen LogP contribution in [0.15, 0.2) is 41.4 Å². The third kappa shape index (κ3) is 7.28. The highest BCUT2D eigenvalue weighted by Gasteiger charge is 2.21. The van der Waals surface area contributed by atoms with E-state index in [1.807, 2.05) is 6.92 Å². The fourth-order valence-corrected chi connectivity index (χ4v) is 3.70. The molecule has 1 unspecified atom stereocenters. The van der Waals surface area contributed by atoms with Gasteiger partial charge in [-0.05, 0) is 51.2 Å². The number of nitrogens with zero attached hydrogens (tertiary/aromatic N) is 2. The van der Waals surface area contributed by atoms with Gasteiger partial charge in [-0.3, -0.25) is 4.99 Å². The van der Waals surface area contributed by atoms with Gasteiger partial charge in [0.05, 0.1) is 6.61 Å². The van der Waals surface area contributed by atoms with Crippen molar-refractivity contribution in [2.45, 2.75) is 46.0 Å². The van der Waals surface area contributed by atoms with E-state index in [4.69, 9.17) is 9.47 Å². The number of nitrogens with one attached hydrogen (secondary N) is 2. The molecule has 0 spiro atoms. The molecule has 170 valence electrons. The van der Waals surface area contributed by atoms with Crippen LogP contribution in [0.25, 0.3) is 0 Å². The molecule has 1 atom stereocenters. The quantitative estimate of drug-likeness (QED) is 0.303. The van der Waals surface area contributed by atoms with E-state index in [2.05, 4.69) is 77.9 Å². The molecular weight excluding hydrogens is 503 g/mol. The number of rotatable bonds is 8. The fourth-order valence-electron chi connectivity index (χ4n) is 3.70. The molecule has 1 aliphatic heterocycles. The smallest absolute Gasteiger partial charge is 0.191 e. The first kappa shape index (κ1) is 25.3. The predicted octanol–water partition coefficient (Wildman–Crippen LogP) is 3.95. The second-order valence-electron chi connectivity index (χ2n) is 7.97. The molecule has 7 heteroatoms. The summed E-state index contributed by atoms with van der Waals surface area (Å²) in [5, 5.41) is 6.80. The van der Waals surface area contributed by atoms with Crippen LogP contribution in [-0.4, -0.2) is 44.7 Å². The van der Waals surface area contributed by atoms with E-state index < -0.39 is 0 Å². The number of benzene rings is 2. The predicted molar refractivity (Wildman–Crippen MR) is 138 cm³/mol. The van der Waals surface area contributed by atoms with Gasteiger partial charge in [-0.15, -0.1) is 24.0 Å². The summed E-state index contributed by atoms with van der Waals surface area (Å²) in [5.74, 6) is 2.63. The third-order valence-electron chi connectivity index (χ3n) is 5.00. The zero-order valence-electron chi connectivity index (χ0n) is 19.2. The van der Waals surface area contributed by atoms with Gasteiger partial charge in [0.2, 0.25) is 0 Å². The first-order valence-electron chi connectivity index (χ1n) is 10.6. The molecule has 2 aromatic rings. The van der Waals surface area contributed by atoms with Crippen LogP contribution in [0.3, 0.4) is 0 Å². The summed E-state index contributed by atoms with van der Waals surface area (Å²) in [6, 6.07) is 12.8. The normalized spacial score (nSPS) is 15.2. The van der Waals surface area contributed by atoms with E-state index in [0.29, 0.717) is 19.7 Å². The molecule has 3 rings (SSSR count). The van der Waals surface area contributed by atoms with E-state index in [1.165, 1.54) is 16.7 Å². The number of aliphatic imine (C=N–C) groups is 1. The first-order chi connectivity index (χ1) is 14.5. The highest BCUT2D eigenvalue weighted by atomic mass is 127. The Balaban J connectivity index is 0.00000341. The van der Waals surface area contributed by atoms with Gasteiger partial charge >= 0.3 is 0 Å². The molecule has 0 bridgehead atoms. The van der Waals surface area contributed by atoms with Crippen LogP contribution in [0.2, 0.25) is 0 Å². The molecule has 0 radical (unpaired) electrons. The van der Waals surface area contributed by atoms with Gasteiger partial charge in [0.15, 0.2) is 5.96 Å². The lowest BCUT2D eigenvalue weighted by atomic mass is 10.1. The molecule has 0 aliphatic carbocycles. The molecular formula is C24H35IN4O2. The maximum Gasteiger partial charge on any atom is 0.191 e. The van der Waals surface area contributed by atoms with Crippen LogP contribution in [0.1, 0.15) is 36.1 Å². The van der Waals surface area contributed by atoms with Gasteiger partial charge in [0, 0.05) is 44.2 Å². The SMILES string of the molecule is CCOc1cc2c(cc1CNC(=NC)NCc1cccc(CN(C)C)c1)OC(C)C2.I. The standard InChI is InChI=1S/C24H34N4O2.HI/c1-6-29-22-12-20-10-17(2)30-23(20)13-21(22)15-27-24(25-3)26-14-18-8-7-9-19(11-18)16-28(4)5;/h7-9,11-13,17H,6,10,14-16H2,1-5H3,(H2,25,26,27);1H. The van der Waals surface area contributed by atoms with Gasteiger partial charge in [-0.25, -0.2) is 0 Å². The van der Waals surface area contributed by atoms with Crippen LogP contribution in [0.4, 0.5) is 0 Å². The second-order valence-corrected chi connectivity index (χ2v) is 7.97. The molecule has 1 heterocycles. The number of halogens is 1. The minimum atomic E-state index is 0. The van der Waals surface area contributed by atoms with Gasteiger partial charge < -0.3 is 25.0 Å². The topological polar surface area (TPSA) is 58.1 Å². The van der Waals surface area contributed by atoms with Crippen molar-refractivity contribution in [2.24, 2.45) is 4.99 Å². The zero-order chi connectivity index (χ0) is 21.5. The second kappa shape index (κ2) is 12.1. The molecule has 0 fully saturated rings. The summed E-state index contributed by atoms with van der Waals surface area (Å²) in [4.78, 5) is 6.53. The molecule has 0 saturated carbocycles. The highest BCUT2D eigenvalue weighted by molar-refractivity contribution is 14.0.